The van der Waals surface area contributed by atoms with Gasteiger partial charge in [-0.1, -0.05) is 19.8 Å². The third-order valence-corrected chi connectivity index (χ3v) is 11.3. The Hall–Kier alpha value is -2.97. The molecule has 4 atom stereocenters. The number of hydrogen-bond acceptors (Lipinski definition) is 8. The van der Waals surface area contributed by atoms with Crippen molar-refractivity contribution in [1.29, 1.82) is 0 Å². The van der Waals surface area contributed by atoms with E-state index in [1.807, 2.05) is 14.0 Å². The first kappa shape index (κ1) is 34.4. The van der Waals surface area contributed by atoms with Crippen LogP contribution >= 0.6 is 0 Å². The van der Waals surface area contributed by atoms with Crippen molar-refractivity contribution in [3.8, 4) is 5.75 Å². The minimum atomic E-state index is -4.63. The molecular weight excluding hydrogens is 621 g/mol. The lowest BCUT2D eigenvalue weighted by Gasteiger charge is -2.39. The number of hydrogen-bond donors (Lipinski definition) is 2. The molecule has 1 aromatic carbocycles. The minimum absolute atomic E-state index is 0.0148. The Labute approximate surface area is 269 Å². The quantitative estimate of drug-likeness (QED) is 0.335. The lowest BCUT2D eigenvalue weighted by Crippen LogP contribution is -2.47. The standard InChI is InChI=1S/C32H45F3N6O4S/c1-5-41(46(4,43)44)28-10-6-7-15-31(28)18-22(31)12-14-25-24(32(33,34)35)19-36-30(38-25)39-26-13-11-21(17-27(26)45-3)29(42)37-23-9-8-16-40(2)20-23/h11,13,17,19,22-23,28H,5-10,12,14-16,18,20H2,1-4H3,(H,37,42)(H,36,38,39)/t22?,23?,28-,31+/m1/s1. The Morgan fingerprint density at radius 2 is 2.00 bits per heavy atom. The molecule has 1 aliphatic heterocycles. The van der Waals surface area contributed by atoms with Crippen LogP contribution in [0.2, 0.25) is 0 Å². The molecule has 2 saturated carbocycles. The van der Waals surface area contributed by atoms with Crippen molar-refractivity contribution in [3.63, 3.8) is 0 Å². The lowest BCUT2D eigenvalue weighted by molar-refractivity contribution is -0.138. The number of piperidine rings is 1. The summed E-state index contributed by atoms with van der Waals surface area (Å²) in [6.07, 6.45) is 4.25. The van der Waals surface area contributed by atoms with Crippen molar-refractivity contribution in [2.45, 2.75) is 83.0 Å². The molecule has 2 aromatic rings. The number of likely N-dealkylation sites (N-methyl/N-ethyl adjacent to an activating group) is 1. The van der Waals surface area contributed by atoms with Crippen LogP contribution in [0.5, 0.6) is 5.75 Å². The van der Waals surface area contributed by atoms with Crippen LogP contribution in [0.15, 0.2) is 24.4 Å². The van der Waals surface area contributed by atoms with E-state index in [0.29, 0.717) is 30.0 Å². The number of alkyl halides is 3. The van der Waals surface area contributed by atoms with Crippen molar-refractivity contribution in [2.24, 2.45) is 11.3 Å². The van der Waals surface area contributed by atoms with Crippen molar-refractivity contribution in [2.75, 3.05) is 45.4 Å². The molecule has 1 amide bonds. The second kappa shape index (κ2) is 13.6. The van der Waals surface area contributed by atoms with E-state index in [1.54, 1.807) is 22.5 Å². The summed E-state index contributed by atoms with van der Waals surface area (Å²) in [5.74, 6) is 0.204. The molecule has 1 spiro atoms. The molecule has 2 N–H and O–H groups in total. The number of carbonyl (C=O) groups excluding carboxylic acids is 1. The molecule has 2 unspecified atom stereocenters. The molecule has 2 heterocycles. The maximum atomic E-state index is 14.0. The van der Waals surface area contributed by atoms with Gasteiger partial charge in [0.15, 0.2) is 0 Å². The average Bonchev–Trinajstić information content (AvgIpc) is 3.68. The lowest BCUT2D eigenvalue weighted by atomic mass is 9.79. The molecule has 14 heteroatoms. The largest absolute Gasteiger partial charge is 0.495 e. The SMILES string of the molecule is CCN([C@@H]1CCCC[C@@]12CC2CCc1nc(Nc2ccc(C(=O)NC3CCCN(C)C3)cc2OC)ncc1C(F)(F)F)S(C)(=O)=O. The highest BCUT2D eigenvalue weighted by Gasteiger charge is 2.60. The fourth-order valence-corrected chi connectivity index (χ4v) is 8.94. The van der Waals surface area contributed by atoms with Crippen LogP contribution in [-0.2, 0) is 22.6 Å². The van der Waals surface area contributed by atoms with Gasteiger partial charge in [-0.15, -0.1) is 0 Å². The molecule has 46 heavy (non-hydrogen) atoms. The van der Waals surface area contributed by atoms with Gasteiger partial charge in [-0.2, -0.15) is 17.5 Å². The summed E-state index contributed by atoms with van der Waals surface area (Å²) in [6, 6.07) is 4.76. The first-order valence-corrected chi connectivity index (χ1v) is 17.9. The summed E-state index contributed by atoms with van der Waals surface area (Å²) in [7, 11) is 0.0716. The number of aromatic nitrogens is 2. The number of sulfonamides is 1. The number of likely N-dealkylation sites (tertiary alicyclic amines) is 1. The smallest absolute Gasteiger partial charge is 0.419 e. The predicted molar refractivity (Wildman–Crippen MR) is 170 cm³/mol. The van der Waals surface area contributed by atoms with Crippen LogP contribution in [0.1, 0.15) is 79.9 Å². The Kier molecular flexibility index (Phi) is 10.2. The number of methoxy groups -OCH3 is 1. The van der Waals surface area contributed by atoms with Gasteiger partial charge >= 0.3 is 6.18 Å². The first-order chi connectivity index (χ1) is 21.7. The fraction of sp³-hybridized carbons (Fsp3) is 0.656. The van der Waals surface area contributed by atoms with Crippen LogP contribution in [0.25, 0.3) is 0 Å². The summed E-state index contributed by atoms with van der Waals surface area (Å²) in [5.41, 5.74) is -0.373. The van der Waals surface area contributed by atoms with Crippen LogP contribution in [-0.4, -0.2) is 85.6 Å². The van der Waals surface area contributed by atoms with Crippen LogP contribution in [0.3, 0.4) is 0 Å². The monoisotopic (exact) mass is 666 g/mol. The first-order valence-electron chi connectivity index (χ1n) is 16.1. The van der Waals surface area contributed by atoms with Crippen LogP contribution < -0.4 is 15.4 Å². The maximum absolute atomic E-state index is 14.0. The number of aryl methyl sites for hydroxylation is 1. The molecular formula is C32H45F3N6O4S. The highest BCUT2D eigenvalue weighted by Crippen LogP contribution is 2.64. The second-order valence-electron chi connectivity index (χ2n) is 13.1. The highest BCUT2D eigenvalue weighted by atomic mass is 32.2. The maximum Gasteiger partial charge on any atom is 0.419 e. The minimum Gasteiger partial charge on any atom is -0.495 e. The zero-order valence-electron chi connectivity index (χ0n) is 27.0. The normalized spacial score (nSPS) is 25.4. The van der Waals surface area contributed by atoms with Crippen LogP contribution in [0, 0.1) is 11.3 Å². The summed E-state index contributed by atoms with van der Waals surface area (Å²) < 4.78 is 74.3. The summed E-state index contributed by atoms with van der Waals surface area (Å²) in [6.45, 7) is 3.99. The number of nitrogens with one attached hydrogen (secondary N) is 2. The fourth-order valence-electron chi connectivity index (χ4n) is 7.69. The Bertz CT molecular complexity index is 1520. The van der Waals surface area contributed by atoms with Gasteiger partial charge in [0, 0.05) is 36.9 Å². The van der Waals surface area contributed by atoms with Gasteiger partial charge < -0.3 is 20.3 Å². The van der Waals surface area contributed by atoms with Crippen LogP contribution in [0.4, 0.5) is 24.8 Å². The van der Waals surface area contributed by atoms with Crippen molar-refractivity contribution in [1.82, 2.24) is 24.5 Å². The van der Waals surface area contributed by atoms with Gasteiger partial charge in [-0.05, 0) is 88.1 Å². The highest BCUT2D eigenvalue weighted by molar-refractivity contribution is 7.88. The third kappa shape index (κ3) is 7.60. The van der Waals surface area contributed by atoms with Gasteiger partial charge in [-0.3, -0.25) is 4.79 Å². The number of benzene rings is 1. The van der Waals surface area contributed by atoms with Crippen molar-refractivity contribution >= 4 is 27.6 Å². The summed E-state index contributed by atoms with van der Waals surface area (Å²) in [4.78, 5) is 23.4. The van der Waals surface area contributed by atoms with E-state index in [1.165, 1.54) is 13.4 Å². The molecule has 2 aliphatic carbocycles. The van der Waals surface area contributed by atoms with E-state index < -0.39 is 21.8 Å². The van der Waals surface area contributed by atoms with Gasteiger partial charge in [0.1, 0.15) is 5.75 Å². The number of halogens is 3. The van der Waals surface area contributed by atoms with Gasteiger partial charge in [-0.25, -0.2) is 18.4 Å². The predicted octanol–water partition coefficient (Wildman–Crippen LogP) is 5.23. The number of anilines is 2. The zero-order valence-corrected chi connectivity index (χ0v) is 27.8. The second-order valence-corrected chi connectivity index (χ2v) is 15.0. The zero-order chi connectivity index (χ0) is 33.3. The summed E-state index contributed by atoms with van der Waals surface area (Å²) >= 11 is 0. The van der Waals surface area contributed by atoms with E-state index in [0.717, 1.165) is 64.2 Å². The molecule has 3 aliphatic rings. The molecule has 3 fully saturated rings. The molecule has 10 nitrogen and oxygen atoms in total. The van der Waals surface area contributed by atoms with Crippen molar-refractivity contribution < 1.29 is 31.1 Å². The number of ether oxygens (including phenoxy) is 1. The number of amides is 1. The van der Waals surface area contributed by atoms with E-state index in [-0.39, 0.29) is 47.4 Å². The average molecular weight is 667 g/mol. The Balaban J connectivity index is 1.31. The third-order valence-electron chi connectivity index (χ3n) is 9.97. The summed E-state index contributed by atoms with van der Waals surface area (Å²) in [5, 5.41) is 6.04. The topological polar surface area (TPSA) is 117 Å². The van der Waals surface area contributed by atoms with Gasteiger partial charge in [0.2, 0.25) is 16.0 Å². The van der Waals surface area contributed by atoms with E-state index in [9.17, 15) is 26.4 Å². The number of carbonyl (C=O) groups is 1. The Morgan fingerprint density at radius 1 is 1.22 bits per heavy atom. The van der Waals surface area contributed by atoms with Crippen molar-refractivity contribution in [3.05, 3.63) is 41.2 Å². The van der Waals surface area contributed by atoms with E-state index >= 15 is 0 Å². The molecule has 5 rings (SSSR count). The van der Waals surface area contributed by atoms with E-state index in [4.69, 9.17) is 4.74 Å². The molecule has 0 bridgehead atoms. The number of nitrogens with zero attached hydrogens (tertiary/aromatic N) is 4. The molecule has 0 radical (unpaired) electrons. The molecule has 1 saturated heterocycles. The number of rotatable bonds is 11. The van der Waals surface area contributed by atoms with Gasteiger partial charge in [0.05, 0.1) is 30.3 Å². The molecule has 1 aromatic heterocycles. The van der Waals surface area contributed by atoms with E-state index in [2.05, 4.69) is 25.5 Å². The van der Waals surface area contributed by atoms with Gasteiger partial charge in [0.25, 0.3) is 5.91 Å². The Morgan fingerprint density at radius 3 is 2.67 bits per heavy atom. The molecule has 254 valence electrons.